The van der Waals surface area contributed by atoms with Gasteiger partial charge in [0.2, 0.25) is 5.91 Å². The maximum absolute atomic E-state index is 12.1. The van der Waals surface area contributed by atoms with Gasteiger partial charge in [0.25, 0.3) is 0 Å². The van der Waals surface area contributed by atoms with Crippen LogP contribution < -0.4 is 20.7 Å². The zero-order valence-corrected chi connectivity index (χ0v) is 17.1. The minimum absolute atomic E-state index is 0.132. The van der Waals surface area contributed by atoms with Crippen molar-refractivity contribution in [3.8, 4) is 5.75 Å². The minimum Gasteiger partial charge on any atom is -0.497 e. The number of carbonyl (C=O) groups is 2. The molecular weight excluding hydrogens is 412 g/mol. The van der Waals surface area contributed by atoms with Crippen LogP contribution in [0.2, 0.25) is 5.02 Å². The van der Waals surface area contributed by atoms with Crippen LogP contribution in [-0.4, -0.2) is 24.0 Å². The summed E-state index contributed by atoms with van der Waals surface area (Å²) in [5.74, 6) is 0.576. The first-order valence-corrected chi connectivity index (χ1v) is 9.99. The van der Waals surface area contributed by atoms with Gasteiger partial charge >= 0.3 is 6.03 Å². The van der Waals surface area contributed by atoms with Gasteiger partial charge in [0.1, 0.15) is 5.75 Å². The molecule has 3 amide bonds. The van der Waals surface area contributed by atoms with Gasteiger partial charge in [-0.25, -0.2) is 9.78 Å². The SMILES string of the molecule is COc1ccc(NC(=O)Nc2nc(CCC(=O)Nc3cccc(Cl)c3)cs2)cc1. The number of halogens is 1. The Kier molecular flexibility index (Phi) is 7.04. The molecule has 1 aromatic heterocycles. The zero-order valence-electron chi connectivity index (χ0n) is 15.6. The number of nitrogens with one attached hydrogen (secondary N) is 3. The maximum atomic E-state index is 12.1. The Bertz CT molecular complexity index is 991. The molecule has 3 aromatic rings. The van der Waals surface area contributed by atoms with Crippen molar-refractivity contribution in [3.05, 3.63) is 64.6 Å². The quantitative estimate of drug-likeness (QED) is 0.490. The van der Waals surface area contributed by atoms with Gasteiger partial charge in [-0.2, -0.15) is 0 Å². The second-order valence-corrected chi connectivity index (χ2v) is 7.30. The van der Waals surface area contributed by atoms with Gasteiger partial charge in [0.15, 0.2) is 5.13 Å². The first kappa shape index (κ1) is 20.6. The van der Waals surface area contributed by atoms with Crippen LogP contribution in [0.1, 0.15) is 12.1 Å². The Balaban J connectivity index is 1.46. The molecule has 1 heterocycles. The average Bonchev–Trinajstić information content (AvgIpc) is 3.14. The van der Waals surface area contributed by atoms with Gasteiger partial charge in [-0.05, 0) is 48.9 Å². The number of urea groups is 1. The van der Waals surface area contributed by atoms with Crippen molar-refractivity contribution in [2.45, 2.75) is 12.8 Å². The number of anilines is 3. The van der Waals surface area contributed by atoms with Crippen LogP contribution in [0.4, 0.5) is 21.3 Å². The van der Waals surface area contributed by atoms with E-state index in [1.165, 1.54) is 11.3 Å². The average molecular weight is 431 g/mol. The fourth-order valence-electron chi connectivity index (χ4n) is 2.44. The summed E-state index contributed by atoms with van der Waals surface area (Å²) in [7, 11) is 1.58. The topological polar surface area (TPSA) is 92.3 Å². The lowest BCUT2D eigenvalue weighted by Gasteiger charge is -2.06. The fraction of sp³-hybridized carbons (Fsp3) is 0.150. The third kappa shape index (κ3) is 6.48. The van der Waals surface area contributed by atoms with Crippen molar-refractivity contribution in [2.24, 2.45) is 0 Å². The lowest BCUT2D eigenvalue weighted by Crippen LogP contribution is -2.19. The predicted octanol–water partition coefficient (Wildman–Crippen LogP) is 5.02. The van der Waals surface area contributed by atoms with Crippen LogP contribution in [0.5, 0.6) is 5.75 Å². The number of nitrogens with zero attached hydrogens (tertiary/aromatic N) is 1. The minimum atomic E-state index is -0.394. The zero-order chi connectivity index (χ0) is 20.6. The molecule has 0 radical (unpaired) electrons. The van der Waals surface area contributed by atoms with E-state index in [1.54, 1.807) is 55.6 Å². The number of benzene rings is 2. The molecule has 0 spiro atoms. The molecule has 3 rings (SSSR count). The van der Waals surface area contributed by atoms with Gasteiger partial charge in [-0.15, -0.1) is 11.3 Å². The molecule has 2 aromatic carbocycles. The Labute approximate surface area is 177 Å². The molecule has 0 saturated carbocycles. The summed E-state index contributed by atoms with van der Waals surface area (Å²) in [5.41, 5.74) is 2.02. The van der Waals surface area contributed by atoms with Crippen LogP contribution >= 0.6 is 22.9 Å². The van der Waals surface area contributed by atoms with Crippen molar-refractivity contribution in [1.82, 2.24) is 4.98 Å². The van der Waals surface area contributed by atoms with Crippen LogP contribution in [0.15, 0.2) is 53.9 Å². The van der Waals surface area contributed by atoms with Crippen LogP contribution in [0.25, 0.3) is 0 Å². The van der Waals surface area contributed by atoms with E-state index in [9.17, 15) is 9.59 Å². The third-order valence-corrected chi connectivity index (χ3v) is 4.88. The van der Waals surface area contributed by atoms with Crippen LogP contribution in [0.3, 0.4) is 0 Å². The van der Waals surface area contributed by atoms with Crippen molar-refractivity contribution in [3.63, 3.8) is 0 Å². The lowest BCUT2D eigenvalue weighted by atomic mass is 10.2. The molecule has 29 heavy (non-hydrogen) atoms. The molecule has 0 saturated heterocycles. The highest BCUT2D eigenvalue weighted by Gasteiger charge is 2.09. The Morgan fingerprint density at radius 2 is 1.86 bits per heavy atom. The summed E-state index contributed by atoms with van der Waals surface area (Å²) in [6.45, 7) is 0. The largest absolute Gasteiger partial charge is 0.497 e. The van der Waals surface area contributed by atoms with Gasteiger partial charge in [-0.1, -0.05) is 17.7 Å². The molecule has 9 heteroatoms. The summed E-state index contributed by atoms with van der Waals surface area (Å²) < 4.78 is 5.08. The number of ether oxygens (including phenoxy) is 1. The molecule has 3 N–H and O–H groups in total. The second-order valence-electron chi connectivity index (χ2n) is 6.01. The Hall–Kier alpha value is -3.10. The van der Waals surface area contributed by atoms with Gasteiger partial charge in [0.05, 0.1) is 12.8 Å². The number of rotatable bonds is 7. The smallest absolute Gasteiger partial charge is 0.325 e. The van der Waals surface area contributed by atoms with E-state index in [0.29, 0.717) is 33.7 Å². The highest BCUT2D eigenvalue weighted by molar-refractivity contribution is 7.13. The molecule has 7 nitrogen and oxygen atoms in total. The summed E-state index contributed by atoms with van der Waals surface area (Å²) in [4.78, 5) is 28.5. The first-order valence-electron chi connectivity index (χ1n) is 8.74. The Morgan fingerprint density at radius 1 is 1.07 bits per heavy atom. The van der Waals surface area contributed by atoms with E-state index < -0.39 is 6.03 Å². The molecule has 150 valence electrons. The highest BCUT2D eigenvalue weighted by Crippen LogP contribution is 2.19. The number of aryl methyl sites for hydroxylation is 1. The number of thiazole rings is 1. The molecule has 0 aliphatic carbocycles. The summed E-state index contributed by atoms with van der Waals surface area (Å²) in [5, 5.41) is 11.0. The van der Waals surface area contributed by atoms with Crippen LogP contribution in [0, 0.1) is 0 Å². The number of hydrogen-bond acceptors (Lipinski definition) is 5. The van der Waals surface area contributed by atoms with Crippen molar-refractivity contribution >= 4 is 51.4 Å². The van der Waals surface area contributed by atoms with Crippen molar-refractivity contribution < 1.29 is 14.3 Å². The highest BCUT2D eigenvalue weighted by atomic mass is 35.5. The van der Waals surface area contributed by atoms with Gasteiger partial charge in [0, 0.05) is 28.2 Å². The maximum Gasteiger partial charge on any atom is 0.325 e. The molecule has 0 aliphatic heterocycles. The number of amides is 3. The van der Waals surface area contributed by atoms with E-state index in [2.05, 4.69) is 20.9 Å². The molecule has 0 atom stereocenters. The second kappa shape index (κ2) is 9.90. The van der Waals surface area contributed by atoms with Crippen LogP contribution in [-0.2, 0) is 11.2 Å². The standard InChI is InChI=1S/C20H19ClN4O3S/c1-28-17-8-5-14(6-9-17)23-19(27)25-20-24-16(12-29-20)7-10-18(26)22-15-4-2-3-13(21)11-15/h2-6,8-9,11-12H,7,10H2,1H3,(H,22,26)(H2,23,24,25,27). The third-order valence-electron chi connectivity index (χ3n) is 3.84. The lowest BCUT2D eigenvalue weighted by molar-refractivity contribution is -0.116. The van der Waals surface area contributed by atoms with E-state index in [-0.39, 0.29) is 12.3 Å². The number of carbonyl (C=O) groups excluding carboxylic acids is 2. The molecule has 0 aliphatic rings. The monoisotopic (exact) mass is 430 g/mol. The molecular formula is C20H19ClN4O3S. The summed E-state index contributed by atoms with van der Waals surface area (Å²) in [6.07, 6.45) is 0.735. The molecule has 0 fully saturated rings. The van der Waals surface area contributed by atoms with Crippen molar-refractivity contribution in [1.29, 1.82) is 0 Å². The number of aromatic nitrogens is 1. The fourth-order valence-corrected chi connectivity index (χ4v) is 3.37. The van der Waals surface area contributed by atoms with Gasteiger partial charge < -0.3 is 15.4 Å². The normalized spacial score (nSPS) is 10.3. The van der Waals surface area contributed by atoms with Crippen molar-refractivity contribution in [2.75, 3.05) is 23.1 Å². The molecule has 0 unspecified atom stereocenters. The van der Waals surface area contributed by atoms with Gasteiger partial charge in [-0.3, -0.25) is 10.1 Å². The summed E-state index contributed by atoms with van der Waals surface area (Å²) in [6, 6.07) is 13.6. The molecule has 0 bridgehead atoms. The Morgan fingerprint density at radius 3 is 2.59 bits per heavy atom. The van der Waals surface area contributed by atoms with E-state index in [1.807, 2.05) is 5.38 Å². The predicted molar refractivity (Wildman–Crippen MR) is 116 cm³/mol. The number of methoxy groups -OCH3 is 1. The van der Waals surface area contributed by atoms with E-state index >= 15 is 0 Å². The summed E-state index contributed by atoms with van der Waals surface area (Å²) >= 11 is 7.20. The number of hydrogen-bond donors (Lipinski definition) is 3. The first-order chi connectivity index (χ1) is 14.0. The van der Waals surface area contributed by atoms with E-state index in [4.69, 9.17) is 16.3 Å². The van der Waals surface area contributed by atoms with E-state index in [0.717, 1.165) is 5.69 Å².